The molecule has 4 unspecified atom stereocenters. The maximum Gasteiger partial charge on any atom is 0.373 e. The highest BCUT2D eigenvalue weighted by atomic mass is 16.6. The molecule has 0 bridgehead atoms. The average Bonchev–Trinajstić information content (AvgIpc) is 2.84. The number of aliphatic hydroxyl groups excluding tert-OH is 2. The summed E-state index contributed by atoms with van der Waals surface area (Å²) in [5.74, 6) is -2.48. The van der Waals surface area contributed by atoms with Crippen molar-refractivity contribution < 1.29 is 29.3 Å². The normalized spacial score (nSPS) is 30.8. The van der Waals surface area contributed by atoms with E-state index in [0.29, 0.717) is 18.4 Å². The molecule has 0 saturated carbocycles. The van der Waals surface area contributed by atoms with Gasteiger partial charge < -0.3 is 19.7 Å². The molecule has 25 heavy (non-hydrogen) atoms. The molecule has 6 nitrogen and oxygen atoms in total. The number of fused-ring (bicyclic) bond motifs is 1. The molecule has 0 aromatic rings. The molecule has 4 atom stereocenters. The van der Waals surface area contributed by atoms with Gasteiger partial charge in [0.2, 0.25) is 0 Å². The summed E-state index contributed by atoms with van der Waals surface area (Å²) in [4.78, 5) is 24.0. The lowest BCUT2D eigenvalue weighted by Crippen LogP contribution is -2.34. The van der Waals surface area contributed by atoms with Crippen molar-refractivity contribution in [3.63, 3.8) is 0 Å². The van der Waals surface area contributed by atoms with Gasteiger partial charge in [-0.05, 0) is 44.9 Å². The number of rotatable bonds is 2. The standard InChI is InChI=1S/C19H24O6/c1-5-13(20)19(23)25-15-8-10(2)6-7-14(21)11(3)9-16-17(15)12(4)18(22)24-16/h5-6,9,14-17,20-21H,4,7-8H2,1-3H3. The van der Waals surface area contributed by atoms with Crippen LogP contribution in [0.2, 0.25) is 0 Å². The van der Waals surface area contributed by atoms with Gasteiger partial charge in [0.05, 0.1) is 12.0 Å². The number of hydrogen-bond acceptors (Lipinski definition) is 6. The Balaban J connectivity index is 2.42. The van der Waals surface area contributed by atoms with Crippen LogP contribution in [0.15, 0.2) is 47.3 Å². The first-order valence-corrected chi connectivity index (χ1v) is 8.22. The molecule has 0 aromatic carbocycles. The highest BCUT2D eigenvalue weighted by molar-refractivity contribution is 5.91. The number of carbonyl (C=O) groups excluding carboxylic acids is 2. The average molecular weight is 348 g/mol. The smallest absolute Gasteiger partial charge is 0.373 e. The molecule has 1 fully saturated rings. The summed E-state index contributed by atoms with van der Waals surface area (Å²) in [7, 11) is 0. The fourth-order valence-corrected chi connectivity index (χ4v) is 3.01. The second-order valence-corrected chi connectivity index (χ2v) is 6.46. The highest BCUT2D eigenvalue weighted by Crippen LogP contribution is 2.36. The molecule has 0 amide bonds. The predicted molar refractivity (Wildman–Crippen MR) is 91.5 cm³/mol. The Hall–Kier alpha value is -2.34. The van der Waals surface area contributed by atoms with Crippen LogP contribution < -0.4 is 0 Å². The topological polar surface area (TPSA) is 93.1 Å². The predicted octanol–water partition coefficient (Wildman–Crippen LogP) is 2.51. The van der Waals surface area contributed by atoms with Gasteiger partial charge >= 0.3 is 11.9 Å². The van der Waals surface area contributed by atoms with E-state index in [1.54, 1.807) is 13.0 Å². The quantitative estimate of drug-likeness (QED) is 0.345. The lowest BCUT2D eigenvalue weighted by molar-refractivity contribution is -0.150. The molecule has 2 rings (SSSR count). The summed E-state index contributed by atoms with van der Waals surface area (Å²) in [6.07, 6.45) is 3.50. The largest absolute Gasteiger partial charge is 0.502 e. The first kappa shape index (κ1) is 19.0. The molecule has 1 aliphatic carbocycles. The molecular weight excluding hydrogens is 324 g/mol. The second kappa shape index (κ2) is 7.70. The lowest BCUT2D eigenvalue weighted by Gasteiger charge is -2.27. The maximum atomic E-state index is 12.0. The van der Waals surface area contributed by atoms with Crippen LogP contribution in [0.1, 0.15) is 33.6 Å². The van der Waals surface area contributed by atoms with Crippen molar-refractivity contribution in [3.8, 4) is 0 Å². The number of esters is 2. The first-order chi connectivity index (χ1) is 11.7. The van der Waals surface area contributed by atoms with Crippen LogP contribution in [0, 0.1) is 5.92 Å². The second-order valence-electron chi connectivity index (χ2n) is 6.46. The van der Waals surface area contributed by atoms with Gasteiger partial charge in [0, 0.05) is 12.0 Å². The molecule has 6 heteroatoms. The van der Waals surface area contributed by atoms with Crippen LogP contribution in [0.3, 0.4) is 0 Å². The fourth-order valence-electron chi connectivity index (χ4n) is 3.01. The van der Waals surface area contributed by atoms with E-state index in [0.717, 1.165) is 5.57 Å². The molecule has 2 aliphatic rings. The van der Waals surface area contributed by atoms with E-state index in [-0.39, 0.29) is 5.57 Å². The monoisotopic (exact) mass is 348 g/mol. The summed E-state index contributed by atoms with van der Waals surface area (Å²) in [5, 5.41) is 19.8. The third-order valence-corrected chi connectivity index (χ3v) is 4.57. The Kier molecular flexibility index (Phi) is 5.85. The van der Waals surface area contributed by atoms with Gasteiger partial charge in [0.1, 0.15) is 12.2 Å². The Bertz CT molecular complexity index is 669. The van der Waals surface area contributed by atoms with Crippen LogP contribution >= 0.6 is 0 Å². The molecule has 0 aromatic heterocycles. The van der Waals surface area contributed by atoms with Gasteiger partial charge in [-0.25, -0.2) is 9.59 Å². The van der Waals surface area contributed by atoms with Crippen LogP contribution in [-0.4, -0.2) is 40.5 Å². The van der Waals surface area contributed by atoms with Crippen molar-refractivity contribution in [1.82, 2.24) is 0 Å². The Labute approximate surface area is 147 Å². The van der Waals surface area contributed by atoms with Gasteiger partial charge in [0.25, 0.3) is 0 Å². The minimum Gasteiger partial charge on any atom is -0.502 e. The van der Waals surface area contributed by atoms with E-state index in [1.807, 2.05) is 13.0 Å². The van der Waals surface area contributed by atoms with Crippen molar-refractivity contribution in [3.05, 3.63) is 47.3 Å². The minimum atomic E-state index is -0.857. The molecule has 2 N–H and O–H groups in total. The molecule has 1 heterocycles. The van der Waals surface area contributed by atoms with Crippen molar-refractivity contribution in [2.24, 2.45) is 5.92 Å². The zero-order valence-corrected chi connectivity index (χ0v) is 14.7. The van der Waals surface area contributed by atoms with Gasteiger partial charge in [0.15, 0.2) is 5.76 Å². The Morgan fingerprint density at radius 1 is 1.44 bits per heavy atom. The van der Waals surface area contributed by atoms with Gasteiger partial charge in [-0.2, -0.15) is 0 Å². The van der Waals surface area contributed by atoms with Crippen molar-refractivity contribution in [1.29, 1.82) is 0 Å². The van der Waals surface area contributed by atoms with Crippen molar-refractivity contribution in [2.75, 3.05) is 0 Å². The van der Waals surface area contributed by atoms with Crippen molar-refractivity contribution >= 4 is 11.9 Å². The van der Waals surface area contributed by atoms with Crippen LogP contribution in [0.4, 0.5) is 0 Å². The number of ether oxygens (including phenoxy) is 2. The van der Waals surface area contributed by atoms with Gasteiger partial charge in [-0.3, -0.25) is 0 Å². The first-order valence-electron chi connectivity index (χ1n) is 8.22. The molecule has 136 valence electrons. The number of aliphatic hydroxyl groups is 2. The summed E-state index contributed by atoms with van der Waals surface area (Å²) in [5.41, 5.74) is 1.79. The number of allylic oxidation sites excluding steroid dienone is 1. The zero-order chi connectivity index (χ0) is 18.7. The third-order valence-electron chi connectivity index (χ3n) is 4.57. The van der Waals surface area contributed by atoms with Crippen LogP contribution in [0.5, 0.6) is 0 Å². The molecule has 1 saturated heterocycles. The van der Waals surface area contributed by atoms with Gasteiger partial charge in [-0.1, -0.05) is 18.2 Å². The molecular formula is C19H24O6. The van der Waals surface area contributed by atoms with Crippen molar-refractivity contribution in [2.45, 2.75) is 51.9 Å². The minimum absolute atomic E-state index is 0.217. The molecule has 0 spiro atoms. The summed E-state index contributed by atoms with van der Waals surface area (Å²) in [6.45, 7) is 8.92. The highest BCUT2D eigenvalue weighted by Gasteiger charge is 2.44. The van der Waals surface area contributed by atoms with E-state index >= 15 is 0 Å². The van der Waals surface area contributed by atoms with E-state index in [1.165, 1.54) is 13.0 Å². The van der Waals surface area contributed by atoms with Crippen LogP contribution in [0.25, 0.3) is 0 Å². The van der Waals surface area contributed by atoms with E-state index in [2.05, 4.69) is 6.58 Å². The number of carbonyl (C=O) groups is 2. The van der Waals surface area contributed by atoms with Gasteiger partial charge in [-0.15, -0.1) is 0 Å². The molecule has 1 aliphatic heterocycles. The SMILES string of the molecule is C=C1C(=O)OC2C=C(C)C(O)CC=C(C)CC(OC(=O)C(O)=CC)C12. The molecule has 0 radical (unpaired) electrons. The van der Waals surface area contributed by atoms with Crippen LogP contribution in [-0.2, 0) is 19.1 Å². The summed E-state index contributed by atoms with van der Waals surface area (Å²) in [6, 6.07) is 0. The zero-order valence-electron chi connectivity index (χ0n) is 14.7. The third kappa shape index (κ3) is 4.20. The maximum absolute atomic E-state index is 12.0. The fraction of sp³-hybridized carbons (Fsp3) is 0.474. The Morgan fingerprint density at radius 2 is 2.12 bits per heavy atom. The van der Waals surface area contributed by atoms with E-state index < -0.39 is 41.9 Å². The number of hydrogen-bond donors (Lipinski definition) is 2. The van der Waals surface area contributed by atoms with E-state index in [9.17, 15) is 19.8 Å². The summed E-state index contributed by atoms with van der Waals surface area (Å²) < 4.78 is 10.8. The van der Waals surface area contributed by atoms with E-state index in [4.69, 9.17) is 9.47 Å². The lowest BCUT2D eigenvalue weighted by atomic mass is 9.85. The Morgan fingerprint density at radius 3 is 2.76 bits per heavy atom. The summed E-state index contributed by atoms with van der Waals surface area (Å²) >= 11 is 0.